The highest BCUT2D eigenvalue weighted by molar-refractivity contribution is 6.30. The molecule has 0 bridgehead atoms. The summed E-state index contributed by atoms with van der Waals surface area (Å²) in [7, 11) is 1.77. The monoisotopic (exact) mass is 325 g/mol. The molecular formula is C18H28ClNO2. The molecule has 4 heteroatoms. The van der Waals surface area contributed by atoms with Crippen LogP contribution in [0.15, 0.2) is 24.3 Å². The molecule has 0 amide bonds. The van der Waals surface area contributed by atoms with E-state index >= 15 is 0 Å². The molecule has 1 aliphatic rings. The first-order valence-electron chi connectivity index (χ1n) is 8.11. The van der Waals surface area contributed by atoms with Gasteiger partial charge in [0.1, 0.15) is 5.78 Å². The molecule has 1 unspecified atom stereocenters. The summed E-state index contributed by atoms with van der Waals surface area (Å²) in [6, 6.07) is 7.61. The summed E-state index contributed by atoms with van der Waals surface area (Å²) in [4.78, 5) is 14.3. The van der Waals surface area contributed by atoms with Gasteiger partial charge in [-0.05, 0) is 37.5 Å². The van der Waals surface area contributed by atoms with E-state index in [1.807, 2.05) is 38.1 Å². The quantitative estimate of drug-likeness (QED) is 0.814. The second-order valence-corrected chi connectivity index (χ2v) is 5.89. The number of ether oxygens (including phenoxy) is 1. The van der Waals surface area contributed by atoms with Gasteiger partial charge in [-0.2, -0.15) is 0 Å². The molecule has 2 rings (SSSR count). The van der Waals surface area contributed by atoms with E-state index in [2.05, 4.69) is 4.90 Å². The summed E-state index contributed by atoms with van der Waals surface area (Å²) in [5.74, 6) is 0.146. The Bertz CT molecular complexity index is 439. The molecule has 1 saturated heterocycles. The standard InChI is InChI=1S/C16H22ClNO2.C2H6/c1-12(19)16(13-3-5-14(17)6-4-13)11-18-9-7-15(20-2)8-10-18;1-2/h3-6,15-16H,7-11H2,1-2H3;1-2H3. The van der Waals surface area contributed by atoms with Crippen LogP contribution in [0.25, 0.3) is 0 Å². The van der Waals surface area contributed by atoms with E-state index < -0.39 is 0 Å². The number of piperidine rings is 1. The Morgan fingerprint density at radius 3 is 2.27 bits per heavy atom. The maximum Gasteiger partial charge on any atom is 0.138 e. The fourth-order valence-electron chi connectivity index (χ4n) is 2.75. The minimum absolute atomic E-state index is 0.0636. The van der Waals surface area contributed by atoms with Crippen LogP contribution in [-0.2, 0) is 9.53 Å². The van der Waals surface area contributed by atoms with E-state index in [1.165, 1.54) is 0 Å². The highest BCUT2D eigenvalue weighted by Gasteiger charge is 2.24. The van der Waals surface area contributed by atoms with Crippen LogP contribution < -0.4 is 0 Å². The first-order valence-corrected chi connectivity index (χ1v) is 8.49. The highest BCUT2D eigenvalue weighted by atomic mass is 35.5. The van der Waals surface area contributed by atoms with Gasteiger partial charge < -0.3 is 9.64 Å². The number of nitrogens with zero attached hydrogens (tertiary/aromatic N) is 1. The third kappa shape index (κ3) is 5.71. The summed E-state index contributed by atoms with van der Waals surface area (Å²) in [6.07, 6.45) is 2.46. The molecule has 1 aromatic rings. The third-order valence-corrected chi connectivity index (χ3v) is 4.32. The van der Waals surface area contributed by atoms with Gasteiger partial charge >= 0.3 is 0 Å². The Morgan fingerprint density at radius 2 is 1.82 bits per heavy atom. The number of hydrogen-bond donors (Lipinski definition) is 0. The topological polar surface area (TPSA) is 29.5 Å². The summed E-state index contributed by atoms with van der Waals surface area (Å²) in [6.45, 7) is 8.44. The van der Waals surface area contributed by atoms with E-state index in [0.717, 1.165) is 38.0 Å². The molecule has 0 spiro atoms. The van der Waals surface area contributed by atoms with E-state index in [-0.39, 0.29) is 11.7 Å². The summed E-state index contributed by atoms with van der Waals surface area (Å²) < 4.78 is 5.38. The Labute approximate surface area is 139 Å². The number of rotatable bonds is 5. The van der Waals surface area contributed by atoms with Crippen molar-refractivity contribution >= 4 is 17.4 Å². The lowest BCUT2D eigenvalue weighted by Crippen LogP contribution is -2.40. The van der Waals surface area contributed by atoms with Crippen LogP contribution in [0.2, 0.25) is 5.02 Å². The third-order valence-electron chi connectivity index (χ3n) is 4.07. The number of carbonyl (C=O) groups excluding carboxylic acids is 1. The van der Waals surface area contributed by atoms with Crippen molar-refractivity contribution < 1.29 is 9.53 Å². The minimum Gasteiger partial charge on any atom is -0.381 e. The predicted molar refractivity (Wildman–Crippen MR) is 92.7 cm³/mol. The van der Waals surface area contributed by atoms with Crippen LogP contribution in [0.5, 0.6) is 0 Å². The lowest BCUT2D eigenvalue weighted by atomic mass is 9.94. The molecule has 3 nitrogen and oxygen atoms in total. The molecule has 1 heterocycles. The van der Waals surface area contributed by atoms with Crippen molar-refractivity contribution in [3.8, 4) is 0 Å². The fourth-order valence-corrected chi connectivity index (χ4v) is 2.88. The number of hydrogen-bond acceptors (Lipinski definition) is 3. The summed E-state index contributed by atoms with van der Waals surface area (Å²) in [5, 5.41) is 0.706. The molecule has 22 heavy (non-hydrogen) atoms. The summed E-state index contributed by atoms with van der Waals surface area (Å²) >= 11 is 5.91. The number of carbonyl (C=O) groups is 1. The minimum atomic E-state index is -0.0636. The van der Waals surface area contributed by atoms with E-state index in [4.69, 9.17) is 16.3 Å². The van der Waals surface area contributed by atoms with Crippen LogP contribution in [0.1, 0.15) is 45.1 Å². The molecule has 0 aliphatic carbocycles. The van der Waals surface area contributed by atoms with Crippen molar-refractivity contribution in [2.75, 3.05) is 26.7 Å². The number of halogens is 1. The lowest BCUT2D eigenvalue weighted by molar-refractivity contribution is -0.119. The van der Waals surface area contributed by atoms with Gasteiger partial charge in [0.15, 0.2) is 0 Å². The Kier molecular flexibility index (Phi) is 8.69. The van der Waals surface area contributed by atoms with Crippen LogP contribution in [0.3, 0.4) is 0 Å². The molecular weight excluding hydrogens is 298 g/mol. The number of methoxy groups -OCH3 is 1. The molecule has 0 saturated carbocycles. The van der Waals surface area contributed by atoms with Gasteiger partial charge in [-0.25, -0.2) is 0 Å². The normalized spacial score (nSPS) is 17.5. The highest BCUT2D eigenvalue weighted by Crippen LogP contribution is 2.23. The average molecular weight is 326 g/mol. The molecule has 1 aromatic carbocycles. The van der Waals surface area contributed by atoms with Crippen molar-refractivity contribution in [1.29, 1.82) is 0 Å². The van der Waals surface area contributed by atoms with Crippen LogP contribution >= 0.6 is 11.6 Å². The SMILES string of the molecule is CC.COC1CCN(CC(C(C)=O)c2ccc(Cl)cc2)CC1. The molecule has 0 N–H and O–H groups in total. The lowest BCUT2D eigenvalue weighted by Gasteiger charge is -2.33. The second kappa shape index (κ2) is 9.98. The smallest absolute Gasteiger partial charge is 0.138 e. The molecule has 0 radical (unpaired) electrons. The number of likely N-dealkylation sites (tertiary alicyclic amines) is 1. The molecule has 1 fully saturated rings. The van der Waals surface area contributed by atoms with E-state index in [1.54, 1.807) is 14.0 Å². The Balaban J connectivity index is 0.00000116. The average Bonchev–Trinajstić information content (AvgIpc) is 2.56. The number of ketones is 1. The van der Waals surface area contributed by atoms with Gasteiger partial charge in [0.05, 0.1) is 12.0 Å². The van der Waals surface area contributed by atoms with Crippen molar-refractivity contribution in [2.45, 2.75) is 45.6 Å². The Hall–Kier alpha value is -0.900. The van der Waals surface area contributed by atoms with Crippen molar-refractivity contribution in [3.63, 3.8) is 0 Å². The van der Waals surface area contributed by atoms with Gasteiger partial charge in [0, 0.05) is 31.8 Å². The zero-order chi connectivity index (χ0) is 16.5. The zero-order valence-electron chi connectivity index (χ0n) is 14.1. The predicted octanol–water partition coefficient (Wildman–Crippen LogP) is 4.15. The van der Waals surface area contributed by atoms with E-state index in [0.29, 0.717) is 11.1 Å². The molecule has 1 atom stereocenters. The van der Waals surface area contributed by atoms with Gasteiger partial charge in [-0.3, -0.25) is 4.79 Å². The van der Waals surface area contributed by atoms with Crippen molar-refractivity contribution in [1.82, 2.24) is 4.90 Å². The van der Waals surface area contributed by atoms with Crippen LogP contribution in [0, 0.1) is 0 Å². The van der Waals surface area contributed by atoms with Crippen LogP contribution in [0.4, 0.5) is 0 Å². The van der Waals surface area contributed by atoms with Crippen molar-refractivity contribution in [3.05, 3.63) is 34.9 Å². The first kappa shape index (κ1) is 19.1. The maximum absolute atomic E-state index is 11.9. The zero-order valence-corrected chi connectivity index (χ0v) is 14.9. The molecule has 1 aliphatic heterocycles. The molecule has 0 aromatic heterocycles. The van der Waals surface area contributed by atoms with Crippen molar-refractivity contribution in [2.24, 2.45) is 0 Å². The van der Waals surface area contributed by atoms with Gasteiger partial charge in [-0.1, -0.05) is 37.6 Å². The van der Waals surface area contributed by atoms with Gasteiger partial charge in [-0.15, -0.1) is 0 Å². The van der Waals surface area contributed by atoms with E-state index in [9.17, 15) is 4.79 Å². The fraction of sp³-hybridized carbons (Fsp3) is 0.611. The molecule has 124 valence electrons. The first-order chi connectivity index (χ1) is 10.6. The summed E-state index contributed by atoms with van der Waals surface area (Å²) in [5.41, 5.74) is 1.05. The number of Topliss-reactive ketones (excluding diaryl/α,β-unsaturated/α-hetero) is 1. The largest absolute Gasteiger partial charge is 0.381 e. The van der Waals surface area contributed by atoms with Gasteiger partial charge in [0.2, 0.25) is 0 Å². The van der Waals surface area contributed by atoms with Gasteiger partial charge in [0.25, 0.3) is 0 Å². The maximum atomic E-state index is 11.9. The Morgan fingerprint density at radius 1 is 1.27 bits per heavy atom. The van der Waals surface area contributed by atoms with Crippen LogP contribution in [-0.4, -0.2) is 43.5 Å². The number of benzene rings is 1. The second-order valence-electron chi connectivity index (χ2n) is 5.45.